The molecule has 0 aliphatic carbocycles. The molecule has 2 aromatic carbocycles. The van der Waals surface area contributed by atoms with Gasteiger partial charge in [-0.1, -0.05) is 48.5 Å². The van der Waals surface area contributed by atoms with Gasteiger partial charge in [-0.2, -0.15) is 0 Å². The number of hydrogen-bond donors (Lipinski definition) is 0. The monoisotopic (exact) mass is 338 g/mol. The normalized spacial score (nSPS) is 10.8. The molecule has 26 heavy (non-hydrogen) atoms. The number of rotatable bonds is 4. The van der Waals surface area contributed by atoms with Crippen LogP contribution in [0, 0.1) is 6.92 Å². The minimum atomic E-state index is 0.0309. The highest BCUT2D eigenvalue weighted by atomic mass is 16.1. The zero-order valence-corrected chi connectivity index (χ0v) is 14.5. The summed E-state index contributed by atoms with van der Waals surface area (Å²) in [5.74, 6) is 0.0309. The molecule has 3 nitrogen and oxygen atoms in total. The molecule has 0 spiro atoms. The van der Waals surface area contributed by atoms with E-state index in [1.807, 2.05) is 61.7 Å². The van der Waals surface area contributed by atoms with Gasteiger partial charge in [-0.15, -0.1) is 0 Å². The topological polar surface area (TPSA) is 42.9 Å². The molecule has 126 valence electrons. The van der Waals surface area contributed by atoms with Crippen molar-refractivity contribution in [2.75, 3.05) is 0 Å². The Hall–Kier alpha value is -3.33. The average Bonchev–Trinajstić information content (AvgIpc) is 2.68. The molecule has 0 amide bonds. The molecule has 0 atom stereocenters. The minimum Gasteiger partial charge on any atom is -0.292 e. The van der Waals surface area contributed by atoms with Crippen molar-refractivity contribution >= 4 is 16.7 Å². The predicted octanol–water partition coefficient (Wildman–Crippen LogP) is 5.03. The summed E-state index contributed by atoms with van der Waals surface area (Å²) in [5, 5.41) is 1.07. The Bertz CT molecular complexity index is 1090. The lowest BCUT2D eigenvalue weighted by Crippen LogP contribution is -2.08. The van der Waals surface area contributed by atoms with Crippen LogP contribution in [0.4, 0.5) is 0 Å². The van der Waals surface area contributed by atoms with E-state index in [1.54, 1.807) is 6.20 Å². The van der Waals surface area contributed by atoms with Crippen LogP contribution < -0.4 is 0 Å². The summed E-state index contributed by atoms with van der Waals surface area (Å²) in [6.07, 6.45) is 3.87. The van der Waals surface area contributed by atoms with Crippen LogP contribution >= 0.6 is 0 Å². The fourth-order valence-electron chi connectivity index (χ4n) is 3.11. The Morgan fingerprint density at radius 3 is 2.54 bits per heavy atom. The average molecular weight is 338 g/mol. The first-order valence-corrected chi connectivity index (χ1v) is 8.59. The Morgan fingerprint density at radius 2 is 1.73 bits per heavy atom. The third-order valence-corrected chi connectivity index (χ3v) is 4.49. The first kappa shape index (κ1) is 16.2. The molecular formula is C23H18N2O. The van der Waals surface area contributed by atoms with Gasteiger partial charge in [0.2, 0.25) is 0 Å². The molecule has 0 fully saturated rings. The maximum Gasteiger partial charge on any atom is 0.185 e. The van der Waals surface area contributed by atoms with Gasteiger partial charge >= 0.3 is 0 Å². The third kappa shape index (κ3) is 3.24. The van der Waals surface area contributed by atoms with Crippen molar-refractivity contribution in [3.05, 3.63) is 95.9 Å². The Labute approximate surface area is 152 Å². The van der Waals surface area contributed by atoms with Gasteiger partial charge in [-0.05, 0) is 41.8 Å². The quantitative estimate of drug-likeness (QED) is 0.490. The van der Waals surface area contributed by atoms with Gasteiger partial charge in [0.1, 0.15) is 5.69 Å². The van der Waals surface area contributed by atoms with E-state index in [0.717, 1.165) is 33.2 Å². The molecule has 0 aliphatic heterocycles. The highest BCUT2D eigenvalue weighted by molar-refractivity contribution is 5.97. The second-order valence-electron chi connectivity index (χ2n) is 6.39. The van der Waals surface area contributed by atoms with E-state index in [-0.39, 0.29) is 5.78 Å². The lowest BCUT2D eigenvalue weighted by Gasteiger charge is -2.07. The van der Waals surface area contributed by atoms with Gasteiger partial charge in [0.25, 0.3) is 0 Å². The van der Waals surface area contributed by atoms with Gasteiger partial charge in [-0.3, -0.25) is 14.8 Å². The number of fused-ring (bicyclic) bond motifs is 1. The summed E-state index contributed by atoms with van der Waals surface area (Å²) in [4.78, 5) is 21.3. The molecule has 4 rings (SSSR count). The molecule has 0 bridgehead atoms. The zero-order chi connectivity index (χ0) is 17.9. The van der Waals surface area contributed by atoms with Crippen molar-refractivity contribution in [2.45, 2.75) is 13.3 Å². The van der Waals surface area contributed by atoms with Crippen molar-refractivity contribution < 1.29 is 4.79 Å². The minimum absolute atomic E-state index is 0.0309. The highest BCUT2D eigenvalue weighted by Gasteiger charge is 2.11. The van der Waals surface area contributed by atoms with Crippen molar-refractivity contribution in [2.24, 2.45) is 0 Å². The predicted molar refractivity (Wildman–Crippen MR) is 104 cm³/mol. The van der Waals surface area contributed by atoms with Gasteiger partial charge in [0.05, 0.1) is 5.52 Å². The van der Waals surface area contributed by atoms with Crippen molar-refractivity contribution in [3.63, 3.8) is 0 Å². The van der Waals surface area contributed by atoms with E-state index in [9.17, 15) is 4.79 Å². The molecule has 3 heteroatoms. The van der Waals surface area contributed by atoms with Gasteiger partial charge in [0.15, 0.2) is 5.78 Å². The number of nitrogens with zero attached hydrogens (tertiary/aromatic N) is 2. The molecule has 0 saturated heterocycles. The van der Waals surface area contributed by atoms with Crippen LogP contribution in [0.5, 0.6) is 0 Å². The number of carbonyl (C=O) groups excluding carboxylic acids is 1. The Morgan fingerprint density at radius 1 is 0.885 bits per heavy atom. The van der Waals surface area contributed by atoms with Crippen LogP contribution in [-0.2, 0) is 6.42 Å². The molecule has 0 aliphatic rings. The molecular weight excluding hydrogens is 320 g/mol. The summed E-state index contributed by atoms with van der Waals surface area (Å²) >= 11 is 0. The number of Topliss-reactive ketones (excluding diaryl/α,β-unsaturated/α-hetero) is 1. The molecule has 2 heterocycles. The number of pyridine rings is 2. The Balaban J connectivity index is 1.62. The van der Waals surface area contributed by atoms with Crippen LogP contribution in [0.15, 0.2) is 79.1 Å². The largest absolute Gasteiger partial charge is 0.292 e. The van der Waals surface area contributed by atoms with Gasteiger partial charge in [-0.25, -0.2) is 0 Å². The molecule has 0 N–H and O–H groups in total. The maximum atomic E-state index is 12.5. The molecule has 0 unspecified atom stereocenters. The van der Waals surface area contributed by atoms with Gasteiger partial charge in [0, 0.05) is 29.8 Å². The van der Waals surface area contributed by atoms with Crippen LogP contribution in [0.1, 0.15) is 21.6 Å². The SMILES string of the molecule is Cc1cccnc1C(=O)Cc1ccc2cc(-c3ccccc3)cnc2c1. The highest BCUT2D eigenvalue weighted by Crippen LogP contribution is 2.23. The summed E-state index contributed by atoms with van der Waals surface area (Å²) in [5.41, 5.74) is 5.53. The summed E-state index contributed by atoms with van der Waals surface area (Å²) in [7, 11) is 0. The summed E-state index contributed by atoms with van der Waals surface area (Å²) in [6, 6.07) is 22.1. The number of aryl methyl sites for hydroxylation is 1. The lowest BCUT2D eigenvalue weighted by molar-refractivity contribution is 0.0987. The van der Waals surface area contributed by atoms with E-state index in [0.29, 0.717) is 12.1 Å². The van der Waals surface area contributed by atoms with Gasteiger partial charge < -0.3 is 0 Å². The lowest BCUT2D eigenvalue weighted by atomic mass is 10.0. The van der Waals surface area contributed by atoms with Crippen LogP contribution in [0.25, 0.3) is 22.0 Å². The van der Waals surface area contributed by atoms with Crippen molar-refractivity contribution in [1.29, 1.82) is 0 Å². The van der Waals surface area contributed by atoms with E-state index in [4.69, 9.17) is 0 Å². The second kappa shape index (κ2) is 6.89. The van der Waals surface area contributed by atoms with E-state index >= 15 is 0 Å². The summed E-state index contributed by atoms with van der Waals surface area (Å²) in [6.45, 7) is 1.91. The molecule has 0 radical (unpaired) electrons. The van der Waals surface area contributed by atoms with E-state index in [2.05, 4.69) is 28.2 Å². The van der Waals surface area contributed by atoms with E-state index < -0.39 is 0 Å². The first-order chi connectivity index (χ1) is 12.7. The smallest absolute Gasteiger partial charge is 0.185 e. The molecule has 2 aromatic heterocycles. The van der Waals surface area contributed by atoms with Crippen molar-refractivity contribution in [1.82, 2.24) is 9.97 Å². The maximum absolute atomic E-state index is 12.5. The fraction of sp³-hybridized carbons (Fsp3) is 0.0870. The second-order valence-corrected chi connectivity index (χ2v) is 6.39. The first-order valence-electron chi connectivity index (χ1n) is 8.59. The van der Waals surface area contributed by atoms with Crippen LogP contribution in [-0.4, -0.2) is 15.8 Å². The number of carbonyl (C=O) groups is 1. The number of ketones is 1. The molecule has 0 saturated carbocycles. The van der Waals surface area contributed by atoms with Crippen LogP contribution in [0.3, 0.4) is 0 Å². The van der Waals surface area contributed by atoms with Crippen molar-refractivity contribution in [3.8, 4) is 11.1 Å². The van der Waals surface area contributed by atoms with Crippen LogP contribution in [0.2, 0.25) is 0 Å². The fourth-order valence-corrected chi connectivity index (χ4v) is 3.11. The summed E-state index contributed by atoms with van der Waals surface area (Å²) < 4.78 is 0. The number of aromatic nitrogens is 2. The molecule has 4 aromatic rings. The standard InChI is InChI=1S/C23H18N2O/c1-16-6-5-11-24-23(16)22(26)13-17-9-10-19-14-20(15-25-21(19)12-17)18-7-3-2-4-8-18/h2-12,14-15H,13H2,1H3. The number of hydrogen-bond acceptors (Lipinski definition) is 3. The third-order valence-electron chi connectivity index (χ3n) is 4.49. The van der Waals surface area contributed by atoms with E-state index in [1.165, 1.54) is 0 Å². The Kier molecular flexibility index (Phi) is 4.28. The number of benzene rings is 2. The zero-order valence-electron chi connectivity index (χ0n) is 14.5.